The quantitative estimate of drug-likeness (QED) is 0.333. The third-order valence-electron chi connectivity index (χ3n) is 7.24. The summed E-state index contributed by atoms with van der Waals surface area (Å²) in [6.07, 6.45) is 1.77. The van der Waals surface area contributed by atoms with Crippen LogP contribution in [0.5, 0.6) is 17.2 Å². The van der Waals surface area contributed by atoms with E-state index in [0.717, 1.165) is 12.8 Å². The summed E-state index contributed by atoms with van der Waals surface area (Å²) < 4.78 is 24.1. The van der Waals surface area contributed by atoms with Crippen molar-refractivity contribution in [2.45, 2.75) is 31.5 Å². The number of carbonyl (C=O) groups is 2. The molecule has 2 aliphatic rings. The van der Waals surface area contributed by atoms with Gasteiger partial charge in [-0.15, -0.1) is 5.10 Å². The van der Waals surface area contributed by atoms with Gasteiger partial charge in [0, 0.05) is 24.9 Å². The standard InChI is InChI=1S/C30H31N5O6/c1-38-22-11-8-20(9-12-22)29(30(37)31-18-23-5-4-14-39-23)35(21-10-13-26-27(17-21)41-16-15-40-26)28(36)19-34-25-7-3-2-6-24(25)32-33-34/h2-3,6-13,17,23,29H,4-5,14-16,18-19H2,1H3,(H,31,37)/t23-,29+/m1/s1. The smallest absolute Gasteiger partial charge is 0.249 e. The number of nitrogens with one attached hydrogen (secondary N) is 1. The molecule has 0 radical (unpaired) electrons. The number of hydrogen-bond donors (Lipinski definition) is 1. The van der Waals surface area contributed by atoms with E-state index in [1.165, 1.54) is 9.58 Å². The summed E-state index contributed by atoms with van der Waals surface area (Å²) in [6.45, 7) is 1.72. The van der Waals surface area contributed by atoms with Crippen LogP contribution in [0.4, 0.5) is 5.69 Å². The molecule has 11 nitrogen and oxygen atoms in total. The molecule has 1 fully saturated rings. The third-order valence-corrected chi connectivity index (χ3v) is 7.24. The minimum atomic E-state index is -1.01. The van der Waals surface area contributed by atoms with Gasteiger partial charge in [0.05, 0.1) is 18.7 Å². The highest BCUT2D eigenvalue weighted by molar-refractivity contribution is 6.01. The van der Waals surface area contributed by atoms with Gasteiger partial charge in [0.25, 0.3) is 0 Å². The molecule has 4 aromatic rings. The van der Waals surface area contributed by atoms with Gasteiger partial charge in [0.15, 0.2) is 11.5 Å². The number of ether oxygens (including phenoxy) is 4. The first-order valence-corrected chi connectivity index (χ1v) is 13.6. The molecule has 0 unspecified atom stereocenters. The topological polar surface area (TPSA) is 117 Å². The molecule has 41 heavy (non-hydrogen) atoms. The van der Waals surface area contributed by atoms with Crippen molar-refractivity contribution in [3.05, 3.63) is 72.3 Å². The van der Waals surface area contributed by atoms with Gasteiger partial charge < -0.3 is 24.3 Å². The highest BCUT2D eigenvalue weighted by atomic mass is 16.6. The van der Waals surface area contributed by atoms with E-state index in [0.29, 0.717) is 65.9 Å². The summed E-state index contributed by atoms with van der Waals surface area (Å²) in [5, 5.41) is 11.4. The Morgan fingerprint density at radius 1 is 1.05 bits per heavy atom. The molecule has 1 aromatic heterocycles. The van der Waals surface area contributed by atoms with Gasteiger partial charge in [-0.2, -0.15) is 0 Å². The summed E-state index contributed by atoms with van der Waals surface area (Å²) in [4.78, 5) is 29.7. The van der Waals surface area contributed by atoms with Crippen molar-refractivity contribution in [1.82, 2.24) is 20.3 Å². The first-order valence-electron chi connectivity index (χ1n) is 13.6. The van der Waals surface area contributed by atoms with E-state index in [1.54, 1.807) is 49.6 Å². The highest BCUT2D eigenvalue weighted by Crippen LogP contribution is 2.37. The molecule has 3 aromatic carbocycles. The second-order valence-corrected chi connectivity index (χ2v) is 9.88. The Labute approximate surface area is 236 Å². The predicted octanol–water partition coefficient (Wildman–Crippen LogP) is 3.28. The predicted molar refractivity (Wildman–Crippen MR) is 150 cm³/mol. The first-order chi connectivity index (χ1) is 20.1. The van der Waals surface area contributed by atoms with Crippen molar-refractivity contribution in [2.24, 2.45) is 0 Å². The third kappa shape index (κ3) is 5.66. The number of methoxy groups -OCH3 is 1. The lowest BCUT2D eigenvalue weighted by Crippen LogP contribution is -2.46. The average Bonchev–Trinajstić information content (AvgIpc) is 3.69. The molecule has 6 rings (SSSR count). The zero-order valence-electron chi connectivity index (χ0n) is 22.7. The number of para-hydroxylation sites is 1. The molecule has 0 saturated carbocycles. The summed E-state index contributed by atoms with van der Waals surface area (Å²) in [5.74, 6) is 1.03. The summed E-state index contributed by atoms with van der Waals surface area (Å²) in [7, 11) is 1.58. The molecular weight excluding hydrogens is 526 g/mol. The Balaban J connectivity index is 1.41. The van der Waals surface area contributed by atoms with Crippen molar-refractivity contribution in [3.8, 4) is 17.2 Å². The van der Waals surface area contributed by atoms with Crippen LogP contribution in [-0.2, 0) is 20.9 Å². The Morgan fingerprint density at radius 3 is 2.63 bits per heavy atom. The summed E-state index contributed by atoms with van der Waals surface area (Å²) in [5.41, 5.74) is 2.48. The van der Waals surface area contributed by atoms with Gasteiger partial charge in [0.2, 0.25) is 11.8 Å². The second kappa shape index (κ2) is 11.8. The fourth-order valence-corrected chi connectivity index (χ4v) is 5.18. The van der Waals surface area contributed by atoms with Gasteiger partial charge in [0.1, 0.15) is 37.1 Å². The van der Waals surface area contributed by atoms with Crippen molar-refractivity contribution in [2.75, 3.05) is 38.4 Å². The van der Waals surface area contributed by atoms with Gasteiger partial charge in [-0.1, -0.05) is 29.5 Å². The molecule has 1 N–H and O–H groups in total. The van der Waals surface area contributed by atoms with Crippen molar-refractivity contribution in [3.63, 3.8) is 0 Å². The number of anilines is 1. The average molecular weight is 558 g/mol. The lowest BCUT2D eigenvalue weighted by Gasteiger charge is -2.32. The number of nitrogens with zero attached hydrogens (tertiary/aromatic N) is 4. The Morgan fingerprint density at radius 2 is 1.85 bits per heavy atom. The van der Waals surface area contributed by atoms with Crippen LogP contribution in [0, 0.1) is 0 Å². The first kappa shape index (κ1) is 26.6. The van der Waals surface area contributed by atoms with Crippen molar-refractivity contribution >= 4 is 28.5 Å². The number of hydrogen-bond acceptors (Lipinski definition) is 8. The van der Waals surface area contributed by atoms with E-state index in [-0.39, 0.29) is 24.5 Å². The van der Waals surface area contributed by atoms with E-state index in [4.69, 9.17) is 18.9 Å². The second-order valence-electron chi connectivity index (χ2n) is 9.88. The maximum atomic E-state index is 14.3. The lowest BCUT2D eigenvalue weighted by molar-refractivity contribution is -0.127. The molecule has 11 heteroatoms. The highest BCUT2D eigenvalue weighted by Gasteiger charge is 2.34. The molecular formula is C30H31N5O6. The number of carbonyl (C=O) groups excluding carboxylic acids is 2. The zero-order valence-corrected chi connectivity index (χ0v) is 22.7. The number of aromatic nitrogens is 3. The van der Waals surface area contributed by atoms with Crippen LogP contribution < -0.4 is 24.4 Å². The van der Waals surface area contributed by atoms with Crippen LogP contribution in [0.2, 0.25) is 0 Å². The Bertz CT molecular complexity index is 1530. The van der Waals surface area contributed by atoms with Gasteiger partial charge in [-0.05, 0) is 54.8 Å². The normalized spacial score (nSPS) is 16.8. The van der Waals surface area contributed by atoms with Gasteiger partial charge in [-0.3, -0.25) is 14.5 Å². The minimum absolute atomic E-state index is 0.0598. The van der Waals surface area contributed by atoms with Crippen LogP contribution in [0.3, 0.4) is 0 Å². The number of fused-ring (bicyclic) bond motifs is 2. The molecule has 2 aliphatic heterocycles. The van der Waals surface area contributed by atoms with Crippen LogP contribution in [0.15, 0.2) is 66.7 Å². The molecule has 2 atom stereocenters. The zero-order chi connectivity index (χ0) is 28.2. The Hall–Kier alpha value is -4.64. The van der Waals surface area contributed by atoms with E-state index < -0.39 is 6.04 Å². The van der Waals surface area contributed by atoms with E-state index in [2.05, 4.69) is 15.6 Å². The summed E-state index contributed by atoms with van der Waals surface area (Å²) in [6, 6.07) is 18.8. The monoisotopic (exact) mass is 557 g/mol. The molecule has 2 amide bonds. The number of benzene rings is 3. The lowest BCUT2D eigenvalue weighted by atomic mass is 10.0. The molecule has 0 spiro atoms. The van der Waals surface area contributed by atoms with Gasteiger partial charge >= 0.3 is 0 Å². The van der Waals surface area contributed by atoms with Crippen LogP contribution >= 0.6 is 0 Å². The van der Waals surface area contributed by atoms with E-state index in [1.807, 2.05) is 24.3 Å². The number of rotatable bonds is 9. The van der Waals surface area contributed by atoms with Crippen LogP contribution in [-0.4, -0.2) is 66.4 Å². The SMILES string of the molecule is COc1ccc([C@@H](C(=O)NC[C@H]2CCCO2)N(C(=O)Cn2nnc3ccccc32)c2ccc3c(c2)OCCO3)cc1. The fourth-order valence-electron chi connectivity index (χ4n) is 5.18. The molecule has 212 valence electrons. The number of amides is 2. The maximum absolute atomic E-state index is 14.3. The fraction of sp³-hybridized carbons (Fsp3) is 0.333. The van der Waals surface area contributed by atoms with Gasteiger partial charge in [-0.25, -0.2) is 4.68 Å². The van der Waals surface area contributed by atoms with Crippen LogP contribution in [0.25, 0.3) is 11.0 Å². The van der Waals surface area contributed by atoms with E-state index in [9.17, 15) is 9.59 Å². The molecule has 3 heterocycles. The molecule has 0 bridgehead atoms. The van der Waals surface area contributed by atoms with E-state index >= 15 is 0 Å². The Kier molecular flexibility index (Phi) is 7.68. The van der Waals surface area contributed by atoms with Crippen molar-refractivity contribution < 1.29 is 28.5 Å². The van der Waals surface area contributed by atoms with Crippen LogP contribution in [0.1, 0.15) is 24.4 Å². The maximum Gasteiger partial charge on any atom is 0.249 e. The minimum Gasteiger partial charge on any atom is -0.497 e. The summed E-state index contributed by atoms with van der Waals surface area (Å²) >= 11 is 0. The molecule has 0 aliphatic carbocycles. The largest absolute Gasteiger partial charge is 0.497 e. The van der Waals surface area contributed by atoms with Crippen molar-refractivity contribution in [1.29, 1.82) is 0 Å². The molecule has 1 saturated heterocycles.